The van der Waals surface area contributed by atoms with Crippen LogP contribution in [-0.2, 0) is 0 Å². The van der Waals surface area contributed by atoms with Crippen molar-refractivity contribution in [2.75, 3.05) is 19.1 Å². The summed E-state index contributed by atoms with van der Waals surface area (Å²) in [7, 11) is 3.32. The van der Waals surface area contributed by atoms with Gasteiger partial charge in [0.1, 0.15) is 17.3 Å². The van der Waals surface area contributed by atoms with E-state index in [0.29, 0.717) is 10.9 Å². The molecule has 0 saturated carbocycles. The fourth-order valence-corrected chi connectivity index (χ4v) is 5.38. The van der Waals surface area contributed by atoms with Crippen LogP contribution in [0.25, 0.3) is 5.82 Å². The summed E-state index contributed by atoms with van der Waals surface area (Å²) in [5.41, 5.74) is 6.17. The lowest BCUT2D eigenvalue weighted by Crippen LogP contribution is -2.30. The highest BCUT2D eigenvalue weighted by atomic mass is 32.1. The Bertz CT molecular complexity index is 1420. The molecule has 5 rings (SSSR count). The molecule has 0 radical (unpaired) electrons. The number of nitrogens with zero attached hydrogens (tertiary/aromatic N) is 4. The van der Waals surface area contributed by atoms with Crippen LogP contribution < -0.4 is 19.7 Å². The highest BCUT2D eigenvalue weighted by Gasteiger charge is 2.43. The lowest BCUT2D eigenvalue weighted by atomic mass is 9.96. The van der Waals surface area contributed by atoms with Crippen molar-refractivity contribution in [1.82, 2.24) is 19.9 Å². The normalized spacial score (nSPS) is 17.2. The van der Waals surface area contributed by atoms with Crippen molar-refractivity contribution >= 4 is 23.0 Å². The van der Waals surface area contributed by atoms with E-state index in [-0.39, 0.29) is 12.1 Å². The van der Waals surface area contributed by atoms with Crippen LogP contribution in [-0.4, -0.2) is 33.9 Å². The molecule has 7 nitrogen and oxygen atoms in total. The molecule has 0 amide bonds. The van der Waals surface area contributed by atoms with Gasteiger partial charge in [-0.1, -0.05) is 12.1 Å². The molecule has 2 atom stereocenters. The quantitative estimate of drug-likeness (QED) is 0.357. The second-order valence-electron chi connectivity index (χ2n) is 8.84. The second-order valence-corrected chi connectivity index (χ2v) is 9.23. The maximum absolute atomic E-state index is 5.93. The smallest absolute Gasteiger partial charge is 0.174 e. The molecule has 1 saturated heterocycles. The number of rotatable bonds is 6. The molecule has 1 aliphatic rings. The molecule has 8 heteroatoms. The zero-order valence-electron chi connectivity index (χ0n) is 21.0. The number of pyridine rings is 2. The molecule has 36 heavy (non-hydrogen) atoms. The van der Waals surface area contributed by atoms with Crippen molar-refractivity contribution < 1.29 is 9.47 Å². The molecule has 0 spiro atoms. The molecule has 1 N–H and O–H groups in total. The Kier molecular flexibility index (Phi) is 6.36. The van der Waals surface area contributed by atoms with E-state index in [1.54, 1.807) is 14.2 Å². The van der Waals surface area contributed by atoms with Gasteiger partial charge in [-0.3, -0.25) is 4.98 Å². The topological polar surface area (TPSA) is 64.4 Å². The van der Waals surface area contributed by atoms with E-state index < -0.39 is 0 Å². The molecule has 0 unspecified atom stereocenters. The van der Waals surface area contributed by atoms with Crippen LogP contribution in [0.15, 0.2) is 67.0 Å². The minimum atomic E-state index is -0.183. The molecule has 0 bridgehead atoms. The Labute approximate surface area is 216 Å². The highest BCUT2D eigenvalue weighted by Crippen LogP contribution is 2.47. The van der Waals surface area contributed by atoms with E-state index in [2.05, 4.69) is 57.7 Å². The van der Waals surface area contributed by atoms with Crippen molar-refractivity contribution in [3.05, 3.63) is 95.2 Å². The maximum atomic E-state index is 5.93. The van der Waals surface area contributed by atoms with Crippen molar-refractivity contribution in [3.8, 4) is 17.3 Å². The zero-order chi connectivity index (χ0) is 25.4. The Hall–Kier alpha value is -3.91. The van der Waals surface area contributed by atoms with Crippen LogP contribution in [0.5, 0.6) is 11.5 Å². The number of ether oxygens (including phenoxy) is 2. The molecular formula is C28H29N5O2S. The summed E-state index contributed by atoms with van der Waals surface area (Å²) in [6.45, 7) is 6.32. The molecule has 0 aliphatic carbocycles. The number of benzene rings is 1. The summed E-state index contributed by atoms with van der Waals surface area (Å²) in [4.78, 5) is 11.5. The Morgan fingerprint density at radius 1 is 0.917 bits per heavy atom. The monoisotopic (exact) mass is 499 g/mol. The predicted octanol–water partition coefficient (Wildman–Crippen LogP) is 5.39. The Morgan fingerprint density at radius 3 is 2.42 bits per heavy atom. The summed E-state index contributed by atoms with van der Waals surface area (Å²) in [5, 5.41) is 4.13. The number of anilines is 1. The van der Waals surface area contributed by atoms with E-state index in [1.165, 1.54) is 0 Å². The van der Waals surface area contributed by atoms with Crippen LogP contribution >= 0.6 is 12.2 Å². The molecule has 4 heterocycles. The zero-order valence-corrected chi connectivity index (χ0v) is 21.8. The lowest BCUT2D eigenvalue weighted by molar-refractivity contribution is 0.403. The number of aromatic nitrogens is 3. The summed E-state index contributed by atoms with van der Waals surface area (Å²) < 4.78 is 13.5. The third kappa shape index (κ3) is 3.97. The second kappa shape index (κ2) is 9.62. The summed E-state index contributed by atoms with van der Waals surface area (Å²) >= 11 is 5.93. The van der Waals surface area contributed by atoms with E-state index in [4.69, 9.17) is 21.7 Å². The fraction of sp³-hybridized carbons (Fsp3) is 0.250. The minimum absolute atomic E-state index is 0.173. The minimum Gasteiger partial charge on any atom is -0.497 e. The first kappa shape index (κ1) is 23.8. The van der Waals surface area contributed by atoms with Crippen molar-refractivity contribution in [3.63, 3.8) is 0 Å². The van der Waals surface area contributed by atoms with E-state index in [1.807, 2.05) is 54.9 Å². The lowest BCUT2D eigenvalue weighted by Gasteiger charge is -2.29. The first-order chi connectivity index (χ1) is 17.4. The van der Waals surface area contributed by atoms with E-state index in [9.17, 15) is 0 Å². The van der Waals surface area contributed by atoms with Crippen LogP contribution in [0.1, 0.15) is 40.3 Å². The first-order valence-electron chi connectivity index (χ1n) is 11.8. The van der Waals surface area contributed by atoms with Gasteiger partial charge in [-0.25, -0.2) is 4.98 Å². The third-order valence-corrected chi connectivity index (χ3v) is 7.04. The number of hydrogen-bond donors (Lipinski definition) is 1. The standard InChI is InChI=1S/C28H29N5O2S/c1-17-9-8-14-30-27(17)32-18(2)15-21(19(32)3)26-25(22-10-6-7-13-29-22)31-28(36)33(26)23-16-20(34-4)11-12-24(23)35-5/h6-16,25-26H,1-5H3,(H,31,36)/t25-,26+/m1/s1. The van der Waals surface area contributed by atoms with Gasteiger partial charge in [-0.05, 0) is 80.5 Å². The van der Waals surface area contributed by atoms with Gasteiger partial charge in [0, 0.05) is 29.8 Å². The third-order valence-electron chi connectivity index (χ3n) is 6.73. The van der Waals surface area contributed by atoms with Crippen LogP contribution in [0.4, 0.5) is 5.69 Å². The van der Waals surface area contributed by atoms with Gasteiger partial charge in [-0.2, -0.15) is 0 Å². The number of nitrogens with one attached hydrogen (secondary N) is 1. The van der Waals surface area contributed by atoms with Crippen LogP contribution in [0.3, 0.4) is 0 Å². The number of methoxy groups -OCH3 is 2. The fourth-order valence-electron chi connectivity index (χ4n) is 5.04. The van der Waals surface area contributed by atoms with Crippen molar-refractivity contribution in [2.45, 2.75) is 32.9 Å². The predicted molar refractivity (Wildman–Crippen MR) is 145 cm³/mol. The SMILES string of the molecule is COc1ccc(OC)c(N2C(=S)N[C@H](c3ccccn3)[C@@H]2c2cc(C)n(-c3ncccc3C)c2C)c1. The van der Waals surface area contributed by atoms with Crippen LogP contribution in [0.2, 0.25) is 0 Å². The van der Waals surface area contributed by atoms with Crippen molar-refractivity contribution in [2.24, 2.45) is 0 Å². The van der Waals surface area contributed by atoms with Gasteiger partial charge < -0.3 is 24.3 Å². The van der Waals surface area contributed by atoms with Crippen molar-refractivity contribution in [1.29, 1.82) is 0 Å². The average molecular weight is 500 g/mol. The van der Waals surface area contributed by atoms with Crippen LogP contribution in [0, 0.1) is 20.8 Å². The van der Waals surface area contributed by atoms with Gasteiger partial charge in [0.15, 0.2) is 5.11 Å². The number of hydrogen-bond acceptors (Lipinski definition) is 5. The molecule has 1 fully saturated rings. The molecule has 4 aromatic rings. The number of aryl methyl sites for hydroxylation is 2. The molecule has 3 aromatic heterocycles. The molecule has 1 aliphatic heterocycles. The Morgan fingerprint density at radius 2 is 1.72 bits per heavy atom. The Balaban J connectivity index is 1.73. The van der Waals surface area contributed by atoms with E-state index >= 15 is 0 Å². The largest absolute Gasteiger partial charge is 0.497 e. The highest BCUT2D eigenvalue weighted by molar-refractivity contribution is 7.80. The first-order valence-corrected chi connectivity index (χ1v) is 12.2. The summed E-state index contributed by atoms with van der Waals surface area (Å²) in [5.74, 6) is 2.36. The number of thiocarbonyl (C=S) groups is 1. The summed E-state index contributed by atoms with van der Waals surface area (Å²) in [6.07, 6.45) is 3.64. The van der Waals surface area contributed by atoms with Gasteiger partial charge in [0.25, 0.3) is 0 Å². The molecule has 1 aromatic carbocycles. The molecular weight excluding hydrogens is 470 g/mol. The maximum Gasteiger partial charge on any atom is 0.174 e. The van der Waals surface area contributed by atoms with Gasteiger partial charge in [0.2, 0.25) is 0 Å². The van der Waals surface area contributed by atoms with Gasteiger partial charge in [-0.15, -0.1) is 0 Å². The van der Waals surface area contributed by atoms with E-state index in [0.717, 1.165) is 45.5 Å². The van der Waals surface area contributed by atoms with Gasteiger partial charge >= 0.3 is 0 Å². The average Bonchev–Trinajstić information content (AvgIpc) is 3.39. The van der Waals surface area contributed by atoms with Gasteiger partial charge in [0.05, 0.1) is 37.7 Å². The summed E-state index contributed by atoms with van der Waals surface area (Å²) in [6, 6.07) is 17.6. The molecule has 184 valence electrons.